The van der Waals surface area contributed by atoms with Gasteiger partial charge in [-0.1, -0.05) is 0 Å². The normalized spacial score (nSPS) is 10.4. The highest BCUT2D eigenvalue weighted by Crippen LogP contribution is 2.14. The molecule has 0 aromatic carbocycles. The summed E-state index contributed by atoms with van der Waals surface area (Å²) in [4.78, 5) is 8.25. The fourth-order valence-electron chi connectivity index (χ4n) is 1.02. The van der Waals surface area contributed by atoms with E-state index in [1.807, 2.05) is 12.1 Å². The molecule has 0 radical (unpaired) electrons. The molecule has 0 atom stereocenters. The first-order chi connectivity index (χ1) is 5.75. The van der Waals surface area contributed by atoms with Gasteiger partial charge in [0.15, 0.2) is 0 Å². The average Bonchev–Trinajstić information content (AvgIpc) is 2.05. The Morgan fingerprint density at radius 3 is 3.00 bits per heavy atom. The third-order valence-electron chi connectivity index (χ3n) is 1.56. The number of nitrogens with zero attached hydrogens (tertiary/aromatic N) is 2. The molecule has 2 rings (SSSR count). The van der Waals surface area contributed by atoms with E-state index >= 15 is 0 Å². The second-order valence-electron chi connectivity index (χ2n) is 2.44. The van der Waals surface area contributed by atoms with E-state index in [4.69, 9.17) is 5.73 Å². The number of anilines is 1. The molecule has 0 fully saturated rings. The van der Waals surface area contributed by atoms with Crippen LogP contribution in [0.1, 0.15) is 0 Å². The molecule has 0 spiro atoms. The van der Waals surface area contributed by atoms with E-state index in [1.54, 1.807) is 12.3 Å². The molecule has 0 saturated carbocycles. The van der Waals surface area contributed by atoms with Crippen molar-refractivity contribution < 1.29 is 0 Å². The molecule has 4 heteroatoms. The number of nitrogens with two attached hydrogens (primary N) is 1. The van der Waals surface area contributed by atoms with Crippen LogP contribution in [0.2, 0.25) is 0 Å². The quantitative estimate of drug-likeness (QED) is 0.587. The van der Waals surface area contributed by atoms with Crippen LogP contribution in [0.25, 0.3) is 10.9 Å². The van der Waals surface area contributed by atoms with Crippen molar-refractivity contribution in [3.8, 4) is 0 Å². The smallest absolute Gasteiger partial charge is 0.124 e. The Kier molecular flexibility index (Phi) is 1.84. The number of aromatic nitrogens is 2. The van der Waals surface area contributed by atoms with E-state index in [-0.39, 0.29) is 0 Å². The third-order valence-corrected chi connectivity index (χ3v) is 2.15. The number of pyridine rings is 2. The number of rotatable bonds is 0. The summed E-state index contributed by atoms with van der Waals surface area (Å²) in [6.07, 6.45) is 1.73. The van der Waals surface area contributed by atoms with E-state index < -0.39 is 0 Å². The Morgan fingerprint density at radius 2 is 2.17 bits per heavy atom. The molecule has 0 bridgehead atoms. The van der Waals surface area contributed by atoms with E-state index in [1.165, 1.54) is 0 Å². The third kappa shape index (κ3) is 1.34. The zero-order valence-electron chi connectivity index (χ0n) is 6.16. The topological polar surface area (TPSA) is 51.8 Å². The van der Waals surface area contributed by atoms with Gasteiger partial charge < -0.3 is 5.73 Å². The second kappa shape index (κ2) is 2.85. The predicted molar refractivity (Wildman–Crippen MR) is 56.7 cm³/mol. The molecule has 0 saturated heterocycles. The van der Waals surface area contributed by atoms with Crippen molar-refractivity contribution in [3.63, 3.8) is 0 Å². The zero-order valence-corrected chi connectivity index (χ0v) is 8.32. The molecule has 0 aliphatic heterocycles. The lowest BCUT2D eigenvalue weighted by molar-refractivity contribution is 1.27. The fourth-order valence-corrected chi connectivity index (χ4v) is 1.49. The van der Waals surface area contributed by atoms with Crippen LogP contribution >= 0.6 is 22.6 Å². The SMILES string of the molecule is Nc1ccc2cc(I)ncc2n1. The van der Waals surface area contributed by atoms with Gasteiger partial charge in [0.1, 0.15) is 9.52 Å². The van der Waals surface area contributed by atoms with Gasteiger partial charge in [-0.25, -0.2) is 9.97 Å². The van der Waals surface area contributed by atoms with Gasteiger partial charge in [0, 0.05) is 5.39 Å². The Hall–Kier alpha value is -0.910. The van der Waals surface area contributed by atoms with Gasteiger partial charge in [0.2, 0.25) is 0 Å². The van der Waals surface area contributed by atoms with Gasteiger partial charge in [-0.05, 0) is 40.8 Å². The summed E-state index contributed by atoms with van der Waals surface area (Å²) in [6, 6.07) is 5.71. The summed E-state index contributed by atoms with van der Waals surface area (Å²) in [5.74, 6) is 0.533. The number of hydrogen-bond donors (Lipinski definition) is 1. The van der Waals surface area contributed by atoms with Gasteiger partial charge in [-0.15, -0.1) is 0 Å². The highest BCUT2D eigenvalue weighted by Gasteiger charge is 1.96. The van der Waals surface area contributed by atoms with Crippen molar-refractivity contribution in [2.75, 3.05) is 5.73 Å². The second-order valence-corrected chi connectivity index (χ2v) is 3.54. The van der Waals surface area contributed by atoms with Crippen LogP contribution in [0.4, 0.5) is 5.82 Å². The minimum absolute atomic E-state index is 0.533. The van der Waals surface area contributed by atoms with E-state index in [9.17, 15) is 0 Å². The van der Waals surface area contributed by atoms with E-state index in [2.05, 4.69) is 32.6 Å². The maximum absolute atomic E-state index is 5.52. The highest BCUT2D eigenvalue weighted by molar-refractivity contribution is 14.1. The maximum Gasteiger partial charge on any atom is 0.124 e. The molecule has 60 valence electrons. The highest BCUT2D eigenvalue weighted by atomic mass is 127. The van der Waals surface area contributed by atoms with Crippen LogP contribution in [0.15, 0.2) is 24.4 Å². The van der Waals surface area contributed by atoms with Gasteiger partial charge >= 0.3 is 0 Å². The first-order valence-electron chi connectivity index (χ1n) is 3.43. The van der Waals surface area contributed by atoms with Crippen LogP contribution in [0.3, 0.4) is 0 Å². The van der Waals surface area contributed by atoms with Gasteiger partial charge in [-0.2, -0.15) is 0 Å². The van der Waals surface area contributed by atoms with Crippen molar-refractivity contribution in [3.05, 3.63) is 28.1 Å². The standard InChI is InChI=1S/C8H6IN3/c9-7-3-5-1-2-8(10)12-6(5)4-11-7/h1-4H,(H2,10,12). The molecule has 2 aromatic heterocycles. The summed E-state index contributed by atoms with van der Waals surface area (Å²) in [5, 5.41) is 1.07. The number of nitrogen functional groups attached to an aromatic ring is 1. The minimum atomic E-state index is 0.533. The predicted octanol–water partition coefficient (Wildman–Crippen LogP) is 1.82. The lowest BCUT2D eigenvalue weighted by Crippen LogP contribution is -1.90. The first-order valence-corrected chi connectivity index (χ1v) is 4.51. The Labute approximate surface area is 83.2 Å². The number of halogens is 1. The van der Waals surface area contributed by atoms with Crippen molar-refractivity contribution in [2.24, 2.45) is 0 Å². The minimum Gasteiger partial charge on any atom is -0.384 e. The summed E-state index contributed by atoms with van der Waals surface area (Å²) >= 11 is 2.17. The van der Waals surface area contributed by atoms with E-state index in [0.717, 1.165) is 14.6 Å². The van der Waals surface area contributed by atoms with Crippen molar-refractivity contribution in [2.45, 2.75) is 0 Å². The Morgan fingerprint density at radius 1 is 1.33 bits per heavy atom. The monoisotopic (exact) mass is 271 g/mol. The van der Waals surface area contributed by atoms with Crippen molar-refractivity contribution >= 4 is 39.3 Å². The van der Waals surface area contributed by atoms with Crippen LogP contribution < -0.4 is 5.73 Å². The summed E-state index contributed by atoms with van der Waals surface area (Å²) in [6.45, 7) is 0. The molecule has 2 heterocycles. The fraction of sp³-hybridized carbons (Fsp3) is 0. The largest absolute Gasteiger partial charge is 0.384 e. The van der Waals surface area contributed by atoms with Gasteiger partial charge in [0.05, 0.1) is 11.7 Å². The molecule has 2 aromatic rings. The zero-order chi connectivity index (χ0) is 8.55. The Bertz CT molecular complexity index is 386. The molecule has 0 aliphatic carbocycles. The van der Waals surface area contributed by atoms with Gasteiger partial charge in [-0.3, -0.25) is 0 Å². The van der Waals surface area contributed by atoms with Crippen LogP contribution in [0.5, 0.6) is 0 Å². The lowest BCUT2D eigenvalue weighted by Gasteiger charge is -1.97. The first kappa shape index (κ1) is 7.72. The molecule has 0 aliphatic rings. The average molecular weight is 271 g/mol. The molecular formula is C8H6IN3. The number of hydrogen-bond acceptors (Lipinski definition) is 3. The molecule has 0 amide bonds. The van der Waals surface area contributed by atoms with Crippen LogP contribution in [-0.2, 0) is 0 Å². The molecule has 0 unspecified atom stereocenters. The van der Waals surface area contributed by atoms with E-state index in [0.29, 0.717) is 5.82 Å². The van der Waals surface area contributed by atoms with Crippen molar-refractivity contribution in [1.29, 1.82) is 0 Å². The Balaban J connectivity index is 2.79. The summed E-state index contributed by atoms with van der Waals surface area (Å²) in [7, 11) is 0. The number of fused-ring (bicyclic) bond motifs is 1. The molecule has 3 nitrogen and oxygen atoms in total. The molecular weight excluding hydrogens is 265 g/mol. The summed E-state index contributed by atoms with van der Waals surface area (Å²) < 4.78 is 0.965. The van der Waals surface area contributed by atoms with Gasteiger partial charge in [0.25, 0.3) is 0 Å². The summed E-state index contributed by atoms with van der Waals surface area (Å²) in [5.41, 5.74) is 6.36. The van der Waals surface area contributed by atoms with Crippen LogP contribution in [-0.4, -0.2) is 9.97 Å². The van der Waals surface area contributed by atoms with Crippen molar-refractivity contribution in [1.82, 2.24) is 9.97 Å². The molecule has 2 N–H and O–H groups in total. The van der Waals surface area contributed by atoms with Crippen LogP contribution in [0, 0.1) is 3.70 Å². The molecule has 12 heavy (non-hydrogen) atoms. The lowest BCUT2D eigenvalue weighted by atomic mass is 10.3. The maximum atomic E-state index is 5.52.